The number of amides is 3. The highest BCUT2D eigenvalue weighted by molar-refractivity contribution is 6.24. The number of carbonyl (C=O) groups is 3. The second-order valence-corrected chi connectivity index (χ2v) is 5.52. The van der Waals surface area contributed by atoms with Crippen LogP contribution in [-0.2, 0) is 4.79 Å². The van der Waals surface area contributed by atoms with Crippen molar-refractivity contribution in [2.75, 3.05) is 12.3 Å². The summed E-state index contributed by atoms with van der Waals surface area (Å²) in [6.45, 7) is -0.248. The van der Waals surface area contributed by atoms with Gasteiger partial charge in [-0.2, -0.15) is 0 Å². The van der Waals surface area contributed by atoms with Crippen molar-refractivity contribution in [1.29, 1.82) is 0 Å². The molecule has 1 aromatic rings. The van der Waals surface area contributed by atoms with Gasteiger partial charge in [0, 0.05) is 11.7 Å². The number of anilines is 1. The molecule has 1 aliphatic carbocycles. The fraction of sp³-hybridized carbons (Fsp3) is 0.400. The number of fused-ring (bicyclic) bond motifs is 1. The number of carbonyl (C=O) groups excluding carboxylic acids is 3. The molecular formula is C15H17N3O3. The zero-order chi connectivity index (χ0) is 15.0. The van der Waals surface area contributed by atoms with Gasteiger partial charge in [-0.3, -0.25) is 19.3 Å². The number of rotatable bonds is 3. The molecule has 1 heterocycles. The third kappa shape index (κ3) is 2.37. The molecule has 110 valence electrons. The van der Waals surface area contributed by atoms with E-state index in [0.717, 1.165) is 30.6 Å². The topological polar surface area (TPSA) is 92.5 Å². The highest BCUT2D eigenvalue weighted by Crippen LogP contribution is 2.27. The average molecular weight is 287 g/mol. The largest absolute Gasteiger partial charge is 0.398 e. The van der Waals surface area contributed by atoms with Gasteiger partial charge in [-0.15, -0.1) is 0 Å². The third-order valence-corrected chi connectivity index (χ3v) is 4.05. The Labute approximate surface area is 122 Å². The quantitative estimate of drug-likeness (QED) is 0.639. The Bertz CT molecular complexity index is 621. The van der Waals surface area contributed by atoms with Gasteiger partial charge in [0.05, 0.1) is 11.1 Å². The van der Waals surface area contributed by atoms with E-state index in [1.54, 1.807) is 18.2 Å². The van der Waals surface area contributed by atoms with Crippen LogP contribution in [0.2, 0.25) is 0 Å². The molecule has 0 atom stereocenters. The molecule has 1 aliphatic heterocycles. The molecule has 0 bridgehead atoms. The van der Waals surface area contributed by atoms with Crippen molar-refractivity contribution < 1.29 is 14.4 Å². The zero-order valence-electron chi connectivity index (χ0n) is 11.6. The molecule has 0 radical (unpaired) electrons. The third-order valence-electron chi connectivity index (χ3n) is 4.05. The van der Waals surface area contributed by atoms with Gasteiger partial charge in [-0.1, -0.05) is 18.9 Å². The molecule has 3 rings (SSSR count). The standard InChI is InChI=1S/C15H17N3O3/c16-11-7-3-6-10-13(11)15(21)18(14(10)20)8-12(19)17-9-4-1-2-5-9/h3,6-7,9H,1-2,4-5,8,16H2,(H,17,19). The lowest BCUT2D eigenvalue weighted by molar-refractivity contribution is -0.122. The van der Waals surface area contributed by atoms with E-state index in [0.29, 0.717) is 0 Å². The van der Waals surface area contributed by atoms with Crippen LogP contribution < -0.4 is 11.1 Å². The van der Waals surface area contributed by atoms with Gasteiger partial charge in [0.2, 0.25) is 5.91 Å². The Morgan fingerprint density at radius 3 is 2.62 bits per heavy atom. The Balaban J connectivity index is 1.73. The lowest BCUT2D eigenvalue weighted by Crippen LogP contribution is -2.43. The van der Waals surface area contributed by atoms with E-state index in [9.17, 15) is 14.4 Å². The summed E-state index contributed by atoms with van der Waals surface area (Å²) in [7, 11) is 0. The summed E-state index contributed by atoms with van der Waals surface area (Å²) < 4.78 is 0. The maximum Gasteiger partial charge on any atom is 0.264 e. The van der Waals surface area contributed by atoms with Crippen molar-refractivity contribution >= 4 is 23.4 Å². The minimum Gasteiger partial charge on any atom is -0.398 e. The minimum atomic E-state index is -0.491. The van der Waals surface area contributed by atoms with Gasteiger partial charge in [0.15, 0.2) is 0 Å². The molecule has 2 aliphatic rings. The molecule has 21 heavy (non-hydrogen) atoms. The van der Waals surface area contributed by atoms with Gasteiger partial charge in [-0.25, -0.2) is 0 Å². The monoisotopic (exact) mass is 287 g/mol. The first-order chi connectivity index (χ1) is 10.1. The summed E-state index contributed by atoms with van der Waals surface area (Å²) in [6.07, 6.45) is 4.13. The fourth-order valence-electron chi connectivity index (χ4n) is 2.99. The number of hydrogen-bond donors (Lipinski definition) is 2. The molecular weight excluding hydrogens is 270 g/mol. The summed E-state index contributed by atoms with van der Waals surface area (Å²) in [6, 6.07) is 4.92. The molecule has 3 N–H and O–H groups in total. The van der Waals surface area contributed by atoms with Crippen LogP contribution in [0, 0.1) is 0 Å². The van der Waals surface area contributed by atoms with Crippen LogP contribution >= 0.6 is 0 Å². The number of nitrogens with zero attached hydrogens (tertiary/aromatic N) is 1. The van der Waals surface area contributed by atoms with E-state index < -0.39 is 11.8 Å². The first kappa shape index (κ1) is 13.6. The number of nitrogens with one attached hydrogen (secondary N) is 1. The molecule has 0 saturated heterocycles. The van der Waals surface area contributed by atoms with Crippen molar-refractivity contribution in [3.8, 4) is 0 Å². The van der Waals surface area contributed by atoms with E-state index in [1.807, 2.05) is 0 Å². The first-order valence-electron chi connectivity index (χ1n) is 7.12. The molecule has 6 heteroatoms. The number of hydrogen-bond acceptors (Lipinski definition) is 4. The lowest BCUT2D eigenvalue weighted by atomic mass is 10.1. The van der Waals surface area contributed by atoms with Crippen molar-refractivity contribution in [2.45, 2.75) is 31.7 Å². The number of benzene rings is 1. The minimum absolute atomic E-state index is 0.165. The molecule has 0 spiro atoms. The van der Waals surface area contributed by atoms with Gasteiger partial charge in [0.1, 0.15) is 6.54 Å². The van der Waals surface area contributed by atoms with E-state index in [-0.39, 0.29) is 35.3 Å². The molecule has 1 aromatic carbocycles. The summed E-state index contributed by atoms with van der Waals surface area (Å²) in [5.41, 5.74) is 6.49. The van der Waals surface area contributed by atoms with Crippen LogP contribution in [0.3, 0.4) is 0 Å². The summed E-state index contributed by atoms with van der Waals surface area (Å²) >= 11 is 0. The second-order valence-electron chi connectivity index (χ2n) is 5.52. The van der Waals surface area contributed by atoms with Gasteiger partial charge in [0.25, 0.3) is 11.8 Å². The maximum absolute atomic E-state index is 12.2. The average Bonchev–Trinajstić information content (AvgIpc) is 3.03. The SMILES string of the molecule is Nc1cccc2c1C(=O)N(CC(=O)NC1CCCC1)C2=O. The van der Waals surface area contributed by atoms with Crippen LogP contribution in [0.5, 0.6) is 0 Å². The van der Waals surface area contributed by atoms with Crippen LogP contribution in [0.15, 0.2) is 18.2 Å². The number of nitrogen functional groups attached to an aromatic ring is 1. The second kappa shape index (κ2) is 5.20. The van der Waals surface area contributed by atoms with Gasteiger partial charge in [-0.05, 0) is 25.0 Å². The Kier molecular flexibility index (Phi) is 3.37. The van der Waals surface area contributed by atoms with Crippen molar-refractivity contribution in [2.24, 2.45) is 0 Å². The highest BCUT2D eigenvalue weighted by atomic mass is 16.2. The first-order valence-corrected chi connectivity index (χ1v) is 7.12. The Hall–Kier alpha value is -2.37. The van der Waals surface area contributed by atoms with Crippen molar-refractivity contribution in [1.82, 2.24) is 10.2 Å². The molecule has 0 unspecified atom stereocenters. The van der Waals surface area contributed by atoms with Crippen molar-refractivity contribution in [3.05, 3.63) is 29.3 Å². The fourth-order valence-corrected chi connectivity index (χ4v) is 2.99. The predicted octanol–water partition coefficient (Wildman–Crippen LogP) is 0.924. The summed E-state index contributed by atoms with van der Waals surface area (Å²) in [4.78, 5) is 37.4. The molecule has 1 fully saturated rings. The van der Waals surface area contributed by atoms with Crippen LogP contribution in [0.4, 0.5) is 5.69 Å². The molecule has 6 nitrogen and oxygen atoms in total. The normalized spacial score (nSPS) is 18.2. The van der Waals surface area contributed by atoms with E-state index >= 15 is 0 Å². The Morgan fingerprint density at radius 1 is 1.24 bits per heavy atom. The smallest absolute Gasteiger partial charge is 0.264 e. The summed E-state index contributed by atoms with van der Waals surface area (Å²) in [5.74, 6) is -1.24. The van der Waals surface area contributed by atoms with Crippen LogP contribution in [-0.4, -0.2) is 35.2 Å². The van der Waals surface area contributed by atoms with E-state index in [1.165, 1.54) is 0 Å². The van der Waals surface area contributed by atoms with Crippen LogP contribution in [0.1, 0.15) is 46.4 Å². The number of nitrogens with two attached hydrogens (primary N) is 1. The van der Waals surface area contributed by atoms with E-state index in [2.05, 4.69) is 5.32 Å². The molecule has 1 saturated carbocycles. The molecule has 0 aromatic heterocycles. The zero-order valence-corrected chi connectivity index (χ0v) is 11.6. The summed E-state index contributed by atoms with van der Waals surface area (Å²) in [5, 5.41) is 2.87. The lowest BCUT2D eigenvalue weighted by Gasteiger charge is -2.16. The van der Waals surface area contributed by atoms with Crippen molar-refractivity contribution in [3.63, 3.8) is 0 Å². The highest BCUT2D eigenvalue weighted by Gasteiger charge is 2.38. The Morgan fingerprint density at radius 2 is 1.95 bits per heavy atom. The maximum atomic E-state index is 12.2. The number of imide groups is 1. The van der Waals surface area contributed by atoms with Crippen LogP contribution in [0.25, 0.3) is 0 Å². The van der Waals surface area contributed by atoms with Gasteiger partial charge < -0.3 is 11.1 Å². The van der Waals surface area contributed by atoms with Gasteiger partial charge >= 0.3 is 0 Å². The predicted molar refractivity (Wildman–Crippen MR) is 76.6 cm³/mol. The van der Waals surface area contributed by atoms with E-state index in [4.69, 9.17) is 5.73 Å². The molecule has 3 amide bonds.